The molecule has 2 aromatic rings. The Morgan fingerprint density at radius 2 is 2.05 bits per heavy atom. The molecule has 2 rings (SSSR count). The molecule has 0 saturated carbocycles. The number of nitrogen functional groups attached to an aromatic ring is 1. The van der Waals surface area contributed by atoms with Crippen molar-refractivity contribution in [3.63, 3.8) is 0 Å². The van der Waals surface area contributed by atoms with E-state index in [2.05, 4.69) is 0 Å². The van der Waals surface area contributed by atoms with Crippen LogP contribution >= 0.6 is 0 Å². The predicted octanol–water partition coefficient (Wildman–Crippen LogP) is 1.88. The molecule has 0 aliphatic carbocycles. The molecule has 5 nitrogen and oxygen atoms in total. The largest absolute Gasteiger partial charge is 0.487 e. The summed E-state index contributed by atoms with van der Waals surface area (Å²) in [6.07, 6.45) is 0. The molecule has 0 heterocycles. The van der Waals surface area contributed by atoms with E-state index in [1.54, 1.807) is 30.3 Å². The summed E-state index contributed by atoms with van der Waals surface area (Å²) in [5.74, 6) is 4.14. The Morgan fingerprint density at radius 3 is 2.76 bits per heavy atom. The van der Waals surface area contributed by atoms with Crippen molar-refractivity contribution in [2.75, 3.05) is 0 Å². The molecule has 0 fully saturated rings. The zero-order chi connectivity index (χ0) is 15.2. The van der Waals surface area contributed by atoms with E-state index in [-0.39, 0.29) is 17.9 Å². The van der Waals surface area contributed by atoms with Crippen LogP contribution in [0.25, 0.3) is 0 Å². The van der Waals surface area contributed by atoms with Gasteiger partial charge in [-0.05, 0) is 18.2 Å². The monoisotopic (exact) mass is 285 g/mol. The number of nitriles is 1. The summed E-state index contributed by atoms with van der Waals surface area (Å²) >= 11 is 0. The number of nitrogens with two attached hydrogens (primary N) is 1. The lowest BCUT2D eigenvalue weighted by atomic mass is 10.1. The number of nitrogens with zero attached hydrogens (tertiary/aromatic N) is 1. The van der Waals surface area contributed by atoms with Crippen molar-refractivity contribution in [2.24, 2.45) is 5.84 Å². The molecule has 0 aliphatic rings. The number of halogens is 1. The Bertz CT molecular complexity index is 710. The predicted molar refractivity (Wildman–Crippen MR) is 73.5 cm³/mol. The first-order valence-electron chi connectivity index (χ1n) is 6.07. The highest BCUT2D eigenvalue weighted by atomic mass is 19.1. The molecule has 2 aromatic carbocycles. The lowest BCUT2D eigenvalue weighted by Crippen LogP contribution is -2.30. The Kier molecular flexibility index (Phi) is 4.49. The van der Waals surface area contributed by atoms with Gasteiger partial charge in [-0.15, -0.1) is 0 Å². The summed E-state index contributed by atoms with van der Waals surface area (Å²) in [5.41, 5.74) is 2.81. The second kappa shape index (κ2) is 6.50. The number of carbonyl (C=O) groups excluding carboxylic acids is 1. The van der Waals surface area contributed by atoms with Crippen LogP contribution in [0.2, 0.25) is 0 Å². The van der Waals surface area contributed by atoms with E-state index >= 15 is 0 Å². The number of carbonyl (C=O) groups is 1. The minimum absolute atomic E-state index is 0.0156. The van der Waals surface area contributed by atoms with Crippen LogP contribution in [0, 0.1) is 17.1 Å². The van der Waals surface area contributed by atoms with E-state index < -0.39 is 11.7 Å². The second-order valence-electron chi connectivity index (χ2n) is 4.14. The van der Waals surface area contributed by atoms with Crippen LogP contribution in [0.3, 0.4) is 0 Å². The van der Waals surface area contributed by atoms with Crippen LogP contribution in [-0.4, -0.2) is 5.91 Å². The maximum absolute atomic E-state index is 13.5. The fourth-order valence-electron chi connectivity index (χ4n) is 1.83. The summed E-state index contributed by atoms with van der Waals surface area (Å²) in [4.78, 5) is 11.6. The van der Waals surface area contributed by atoms with Crippen LogP contribution in [0.4, 0.5) is 4.39 Å². The molecule has 0 bridgehead atoms. The highest BCUT2D eigenvalue weighted by Crippen LogP contribution is 2.22. The number of hydrogen-bond acceptors (Lipinski definition) is 4. The zero-order valence-corrected chi connectivity index (χ0v) is 11.0. The van der Waals surface area contributed by atoms with E-state index in [9.17, 15) is 9.18 Å². The molecule has 106 valence electrons. The number of ether oxygens (including phenoxy) is 1. The minimum Gasteiger partial charge on any atom is -0.487 e. The first-order chi connectivity index (χ1) is 10.2. The number of rotatable bonds is 4. The van der Waals surface area contributed by atoms with Crippen molar-refractivity contribution in [3.05, 3.63) is 65.0 Å². The lowest BCUT2D eigenvalue weighted by Gasteiger charge is -2.11. The molecule has 0 radical (unpaired) electrons. The van der Waals surface area contributed by atoms with Crippen LogP contribution in [-0.2, 0) is 6.61 Å². The summed E-state index contributed by atoms with van der Waals surface area (Å²) < 4.78 is 18.9. The van der Waals surface area contributed by atoms with Crippen molar-refractivity contribution in [1.29, 1.82) is 5.26 Å². The van der Waals surface area contributed by atoms with Gasteiger partial charge in [0.25, 0.3) is 5.91 Å². The molecule has 0 saturated heterocycles. The molecule has 0 aromatic heterocycles. The summed E-state index contributed by atoms with van der Waals surface area (Å²) in [7, 11) is 0. The molecule has 0 atom stereocenters. The Balaban J connectivity index is 2.24. The van der Waals surface area contributed by atoms with Gasteiger partial charge in [0.05, 0.1) is 0 Å². The van der Waals surface area contributed by atoms with Gasteiger partial charge >= 0.3 is 0 Å². The van der Waals surface area contributed by atoms with Gasteiger partial charge < -0.3 is 4.74 Å². The van der Waals surface area contributed by atoms with Crippen LogP contribution in [0.1, 0.15) is 21.5 Å². The van der Waals surface area contributed by atoms with E-state index in [0.29, 0.717) is 11.1 Å². The van der Waals surface area contributed by atoms with Crippen molar-refractivity contribution in [1.82, 2.24) is 5.43 Å². The average molecular weight is 285 g/mol. The number of hydrazine groups is 1. The SMILES string of the molecule is N#Cc1c(F)cccc1OCc1ccccc1C(=O)NN. The zero-order valence-electron chi connectivity index (χ0n) is 11.0. The Labute approximate surface area is 120 Å². The highest BCUT2D eigenvalue weighted by molar-refractivity contribution is 5.95. The fourth-order valence-corrected chi connectivity index (χ4v) is 1.83. The van der Waals surface area contributed by atoms with Crippen molar-refractivity contribution in [2.45, 2.75) is 6.61 Å². The van der Waals surface area contributed by atoms with Crippen LogP contribution in [0.5, 0.6) is 5.75 Å². The van der Waals surface area contributed by atoms with E-state index in [0.717, 1.165) is 0 Å². The summed E-state index contributed by atoms with van der Waals surface area (Å²) in [6.45, 7) is 0.0156. The third kappa shape index (κ3) is 3.16. The molecule has 1 amide bonds. The van der Waals surface area contributed by atoms with Gasteiger partial charge in [0, 0.05) is 11.1 Å². The van der Waals surface area contributed by atoms with E-state index in [1.807, 2.05) is 5.43 Å². The van der Waals surface area contributed by atoms with Gasteiger partial charge in [0.1, 0.15) is 29.8 Å². The topological polar surface area (TPSA) is 88.1 Å². The first kappa shape index (κ1) is 14.5. The maximum atomic E-state index is 13.5. The number of nitrogens with one attached hydrogen (secondary N) is 1. The molecular formula is C15H12FN3O2. The van der Waals surface area contributed by atoms with Gasteiger partial charge in [-0.25, -0.2) is 10.2 Å². The minimum atomic E-state index is -0.650. The molecular weight excluding hydrogens is 273 g/mol. The normalized spacial score (nSPS) is 9.76. The standard InChI is InChI=1S/C15H12FN3O2/c16-13-6-3-7-14(12(13)8-17)21-9-10-4-1-2-5-11(10)15(20)19-18/h1-7H,9,18H2,(H,19,20). The quantitative estimate of drug-likeness (QED) is 0.510. The number of amides is 1. The smallest absolute Gasteiger partial charge is 0.265 e. The number of hydrogen-bond donors (Lipinski definition) is 2. The fraction of sp³-hybridized carbons (Fsp3) is 0.0667. The van der Waals surface area contributed by atoms with Gasteiger partial charge in [-0.1, -0.05) is 24.3 Å². The van der Waals surface area contributed by atoms with Crippen molar-refractivity contribution < 1.29 is 13.9 Å². The van der Waals surface area contributed by atoms with E-state index in [4.69, 9.17) is 15.8 Å². The Morgan fingerprint density at radius 1 is 1.29 bits per heavy atom. The van der Waals surface area contributed by atoms with Crippen molar-refractivity contribution in [3.8, 4) is 11.8 Å². The molecule has 0 spiro atoms. The Hall–Kier alpha value is -2.91. The van der Waals surface area contributed by atoms with Gasteiger partial charge in [-0.3, -0.25) is 10.2 Å². The lowest BCUT2D eigenvalue weighted by molar-refractivity contribution is 0.0951. The third-order valence-electron chi connectivity index (χ3n) is 2.86. The highest BCUT2D eigenvalue weighted by Gasteiger charge is 2.12. The first-order valence-corrected chi connectivity index (χ1v) is 6.07. The number of benzene rings is 2. The second-order valence-corrected chi connectivity index (χ2v) is 4.14. The van der Waals surface area contributed by atoms with Crippen LogP contribution in [0.15, 0.2) is 42.5 Å². The molecule has 0 aliphatic heterocycles. The maximum Gasteiger partial charge on any atom is 0.265 e. The van der Waals surface area contributed by atoms with Crippen LogP contribution < -0.4 is 16.0 Å². The molecule has 0 unspecified atom stereocenters. The summed E-state index contributed by atoms with van der Waals surface area (Å²) in [6, 6.07) is 12.6. The molecule has 3 N–H and O–H groups in total. The third-order valence-corrected chi connectivity index (χ3v) is 2.86. The van der Waals surface area contributed by atoms with Gasteiger partial charge in [0.2, 0.25) is 0 Å². The molecule has 21 heavy (non-hydrogen) atoms. The average Bonchev–Trinajstić information content (AvgIpc) is 2.52. The summed E-state index contributed by atoms with van der Waals surface area (Å²) in [5, 5.41) is 8.93. The van der Waals surface area contributed by atoms with Gasteiger partial charge in [0.15, 0.2) is 0 Å². The van der Waals surface area contributed by atoms with Crippen molar-refractivity contribution >= 4 is 5.91 Å². The van der Waals surface area contributed by atoms with E-state index in [1.165, 1.54) is 18.2 Å². The molecule has 6 heteroatoms. The van der Waals surface area contributed by atoms with Gasteiger partial charge in [-0.2, -0.15) is 5.26 Å².